The van der Waals surface area contributed by atoms with Crippen molar-refractivity contribution in [1.29, 1.82) is 0 Å². The van der Waals surface area contributed by atoms with Gasteiger partial charge in [-0.2, -0.15) is 0 Å². The number of amides is 1. The molecule has 0 aliphatic heterocycles. The number of carbonyl (C=O) groups excluding carboxylic acids is 1. The first kappa shape index (κ1) is 15.8. The van der Waals surface area contributed by atoms with Crippen LogP contribution in [0.2, 0.25) is 0 Å². The Hall–Kier alpha value is -1.56. The van der Waals surface area contributed by atoms with E-state index in [0.29, 0.717) is 25.2 Å². The van der Waals surface area contributed by atoms with E-state index >= 15 is 0 Å². The van der Waals surface area contributed by atoms with Gasteiger partial charge in [-0.1, -0.05) is 22.0 Å². The van der Waals surface area contributed by atoms with Gasteiger partial charge in [-0.05, 0) is 37.5 Å². The van der Waals surface area contributed by atoms with E-state index < -0.39 is 5.97 Å². The highest BCUT2D eigenvalue weighted by Crippen LogP contribution is 2.25. The van der Waals surface area contributed by atoms with Crippen molar-refractivity contribution in [3.05, 3.63) is 28.7 Å². The van der Waals surface area contributed by atoms with Crippen LogP contribution in [-0.4, -0.2) is 29.6 Å². The average Bonchev–Trinajstić information content (AvgIpc) is 2.87. The van der Waals surface area contributed by atoms with Gasteiger partial charge in [-0.25, -0.2) is 0 Å². The molecule has 6 heteroatoms. The fourth-order valence-electron chi connectivity index (χ4n) is 2.46. The highest BCUT2D eigenvalue weighted by Gasteiger charge is 2.30. The van der Waals surface area contributed by atoms with Crippen molar-refractivity contribution in [1.82, 2.24) is 5.32 Å². The number of carboxylic acids is 1. The molecule has 5 nitrogen and oxygen atoms in total. The third-order valence-corrected chi connectivity index (χ3v) is 4.03. The molecule has 114 valence electrons. The predicted octanol–water partition coefficient (Wildman–Crippen LogP) is 2.59. The fraction of sp³-hybridized carbons (Fsp3) is 0.467. The molecular formula is C15H18BrNO4. The van der Waals surface area contributed by atoms with E-state index in [0.717, 1.165) is 10.9 Å². The molecule has 0 bridgehead atoms. The fourth-order valence-corrected chi connectivity index (χ4v) is 2.83. The monoisotopic (exact) mass is 355 g/mol. The minimum atomic E-state index is -0.773. The van der Waals surface area contributed by atoms with E-state index in [4.69, 9.17) is 9.84 Å². The second-order valence-corrected chi connectivity index (χ2v) is 6.08. The van der Waals surface area contributed by atoms with Crippen molar-refractivity contribution < 1.29 is 19.4 Å². The second-order valence-electron chi connectivity index (χ2n) is 5.17. The molecule has 0 saturated heterocycles. The van der Waals surface area contributed by atoms with Gasteiger partial charge in [-0.15, -0.1) is 0 Å². The van der Waals surface area contributed by atoms with Gasteiger partial charge in [-0.3, -0.25) is 9.59 Å². The van der Waals surface area contributed by atoms with Crippen LogP contribution >= 0.6 is 15.9 Å². The zero-order valence-electron chi connectivity index (χ0n) is 11.5. The molecule has 1 aliphatic carbocycles. The summed E-state index contributed by atoms with van der Waals surface area (Å²) >= 11 is 3.35. The standard InChI is InChI=1S/C15H18BrNO4/c16-11-2-1-3-13(9-11)21-7-6-14(18)17-12-5-4-10(8-12)15(19)20/h1-3,9-10,12H,4-8H2,(H,17,18)(H,19,20). The number of carbonyl (C=O) groups is 2. The van der Waals surface area contributed by atoms with Crippen molar-refractivity contribution in [3.8, 4) is 5.75 Å². The Kier molecular flexibility index (Phi) is 5.61. The molecule has 2 atom stereocenters. The highest BCUT2D eigenvalue weighted by atomic mass is 79.9. The van der Waals surface area contributed by atoms with Crippen molar-refractivity contribution in [2.45, 2.75) is 31.7 Å². The summed E-state index contributed by atoms with van der Waals surface area (Å²) in [6.07, 6.45) is 2.15. The Morgan fingerprint density at radius 1 is 1.38 bits per heavy atom. The second kappa shape index (κ2) is 7.45. The molecule has 0 heterocycles. The lowest BCUT2D eigenvalue weighted by Crippen LogP contribution is -2.34. The minimum absolute atomic E-state index is 0.0236. The van der Waals surface area contributed by atoms with Gasteiger partial charge in [0.25, 0.3) is 0 Å². The van der Waals surface area contributed by atoms with Crippen LogP contribution in [0.1, 0.15) is 25.7 Å². The summed E-state index contributed by atoms with van der Waals surface area (Å²) in [6.45, 7) is 0.303. The molecule has 1 saturated carbocycles. The normalized spacial score (nSPS) is 21.0. The Balaban J connectivity index is 1.67. The number of halogens is 1. The molecule has 1 aromatic rings. The Bertz CT molecular complexity index is 520. The van der Waals surface area contributed by atoms with E-state index in [-0.39, 0.29) is 24.3 Å². The van der Waals surface area contributed by atoms with Gasteiger partial charge in [0.2, 0.25) is 5.91 Å². The van der Waals surface area contributed by atoms with Gasteiger partial charge in [0.1, 0.15) is 5.75 Å². The highest BCUT2D eigenvalue weighted by molar-refractivity contribution is 9.10. The number of rotatable bonds is 6. The van der Waals surface area contributed by atoms with E-state index in [1.54, 1.807) is 0 Å². The largest absolute Gasteiger partial charge is 0.493 e. The maximum Gasteiger partial charge on any atom is 0.306 e. The van der Waals surface area contributed by atoms with Gasteiger partial charge in [0, 0.05) is 10.5 Å². The first-order valence-electron chi connectivity index (χ1n) is 6.95. The zero-order valence-corrected chi connectivity index (χ0v) is 13.1. The molecular weight excluding hydrogens is 338 g/mol. The molecule has 1 amide bonds. The molecule has 2 unspecified atom stereocenters. The van der Waals surface area contributed by atoms with Crippen LogP contribution in [0, 0.1) is 5.92 Å². The lowest BCUT2D eigenvalue weighted by atomic mass is 10.1. The SMILES string of the molecule is O=C(CCOc1cccc(Br)c1)NC1CCC(C(=O)O)C1. The molecule has 2 rings (SSSR count). The summed E-state index contributed by atoms with van der Waals surface area (Å²) in [5, 5.41) is 11.8. The molecule has 21 heavy (non-hydrogen) atoms. The predicted molar refractivity (Wildman–Crippen MR) is 81.2 cm³/mol. The summed E-state index contributed by atoms with van der Waals surface area (Å²) in [5.41, 5.74) is 0. The summed E-state index contributed by atoms with van der Waals surface area (Å²) in [4.78, 5) is 22.6. The maximum absolute atomic E-state index is 11.8. The zero-order chi connectivity index (χ0) is 15.2. The number of aliphatic carboxylic acids is 1. The van der Waals surface area contributed by atoms with Crippen molar-refractivity contribution in [2.75, 3.05) is 6.61 Å². The molecule has 1 fully saturated rings. The average molecular weight is 356 g/mol. The summed E-state index contributed by atoms with van der Waals surface area (Å²) in [5.74, 6) is -0.483. The summed E-state index contributed by atoms with van der Waals surface area (Å²) < 4.78 is 6.42. The Labute approximate surface area is 131 Å². The number of nitrogens with one attached hydrogen (secondary N) is 1. The first-order valence-corrected chi connectivity index (χ1v) is 7.74. The van der Waals surface area contributed by atoms with Crippen LogP contribution in [0.4, 0.5) is 0 Å². The van der Waals surface area contributed by atoms with Crippen LogP contribution in [0.15, 0.2) is 28.7 Å². The Morgan fingerprint density at radius 3 is 2.86 bits per heavy atom. The number of benzene rings is 1. The lowest BCUT2D eigenvalue weighted by Gasteiger charge is -2.12. The van der Waals surface area contributed by atoms with Crippen LogP contribution in [0.3, 0.4) is 0 Å². The molecule has 1 aliphatic rings. The maximum atomic E-state index is 11.8. The number of hydrogen-bond donors (Lipinski definition) is 2. The van der Waals surface area contributed by atoms with Crippen LogP contribution in [0.25, 0.3) is 0 Å². The van der Waals surface area contributed by atoms with Crippen LogP contribution in [-0.2, 0) is 9.59 Å². The minimum Gasteiger partial charge on any atom is -0.493 e. The lowest BCUT2D eigenvalue weighted by molar-refractivity contribution is -0.141. The van der Waals surface area contributed by atoms with E-state index in [1.165, 1.54) is 0 Å². The molecule has 2 N–H and O–H groups in total. The quantitative estimate of drug-likeness (QED) is 0.822. The van der Waals surface area contributed by atoms with Crippen molar-refractivity contribution in [2.24, 2.45) is 5.92 Å². The van der Waals surface area contributed by atoms with Gasteiger partial charge >= 0.3 is 5.97 Å². The van der Waals surface area contributed by atoms with Crippen LogP contribution < -0.4 is 10.1 Å². The van der Waals surface area contributed by atoms with Crippen molar-refractivity contribution in [3.63, 3.8) is 0 Å². The molecule has 0 aromatic heterocycles. The Morgan fingerprint density at radius 2 is 2.19 bits per heavy atom. The van der Waals surface area contributed by atoms with E-state index in [1.807, 2.05) is 24.3 Å². The molecule has 1 aromatic carbocycles. The third-order valence-electron chi connectivity index (χ3n) is 3.54. The third kappa shape index (κ3) is 5.04. The first-order chi connectivity index (χ1) is 10.0. The number of hydrogen-bond acceptors (Lipinski definition) is 3. The number of ether oxygens (including phenoxy) is 1. The molecule has 0 spiro atoms. The van der Waals surface area contributed by atoms with Crippen molar-refractivity contribution >= 4 is 27.8 Å². The van der Waals surface area contributed by atoms with Gasteiger partial charge in [0.05, 0.1) is 18.9 Å². The summed E-state index contributed by atoms with van der Waals surface area (Å²) in [7, 11) is 0. The van der Waals surface area contributed by atoms with E-state index in [9.17, 15) is 9.59 Å². The molecule has 0 radical (unpaired) electrons. The number of carboxylic acid groups (broad SMARTS) is 1. The van der Waals surface area contributed by atoms with Gasteiger partial charge in [0.15, 0.2) is 0 Å². The topological polar surface area (TPSA) is 75.6 Å². The van der Waals surface area contributed by atoms with Gasteiger partial charge < -0.3 is 15.2 Å². The van der Waals surface area contributed by atoms with Crippen LogP contribution in [0.5, 0.6) is 5.75 Å². The summed E-state index contributed by atoms with van der Waals surface area (Å²) in [6, 6.07) is 7.41. The smallest absolute Gasteiger partial charge is 0.306 e. The van der Waals surface area contributed by atoms with E-state index in [2.05, 4.69) is 21.2 Å².